The molecule has 3 heteroatoms. The van der Waals surface area contributed by atoms with Gasteiger partial charge in [-0.05, 0) is 51.9 Å². The van der Waals surface area contributed by atoms with E-state index in [4.69, 9.17) is 14.2 Å². The first-order valence-electron chi connectivity index (χ1n) is 9.01. The second-order valence-electron chi connectivity index (χ2n) is 6.70. The monoisotopic (exact) mass is 298 g/mol. The molecule has 2 fully saturated rings. The van der Waals surface area contributed by atoms with Gasteiger partial charge < -0.3 is 14.2 Å². The third-order valence-corrected chi connectivity index (χ3v) is 5.63. The van der Waals surface area contributed by atoms with Gasteiger partial charge in [-0.2, -0.15) is 0 Å². The molecule has 0 radical (unpaired) electrons. The lowest BCUT2D eigenvalue weighted by atomic mass is 9.59. The van der Waals surface area contributed by atoms with E-state index in [2.05, 4.69) is 13.8 Å². The fourth-order valence-electron chi connectivity index (χ4n) is 4.83. The van der Waals surface area contributed by atoms with Crippen LogP contribution in [0.3, 0.4) is 0 Å². The Hall–Kier alpha value is -0.120. The Labute approximate surface area is 130 Å². The summed E-state index contributed by atoms with van der Waals surface area (Å²) in [5, 5.41) is 0. The minimum atomic E-state index is 0.0689. The highest BCUT2D eigenvalue weighted by molar-refractivity contribution is 5.02. The Morgan fingerprint density at radius 1 is 0.810 bits per heavy atom. The van der Waals surface area contributed by atoms with Gasteiger partial charge in [-0.1, -0.05) is 19.3 Å². The lowest BCUT2D eigenvalue weighted by Gasteiger charge is -2.53. The number of hydrogen-bond donors (Lipinski definition) is 0. The van der Waals surface area contributed by atoms with Gasteiger partial charge in [0.05, 0.1) is 18.8 Å². The Balaban J connectivity index is 2.29. The molecule has 124 valence electrons. The summed E-state index contributed by atoms with van der Waals surface area (Å²) in [6.45, 7) is 6.60. The predicted octanol–water partition coefficient (Wildman–Crippen LogP) is 4.19. The van der Waals surface area contributed by atoms with Crippen molar-refractivity contribution in [2.45, 2.75) is 77.4 Å². The van der Waals surface area contributed by atoms with Gasteiger partial charge in [-0.25, -0.2) is 0 Å². The second kappa shape index (κ2) is 8.50. The summed E-state index contributed by atoms with van der Waals surface area (Å²) >= 11 is 0. The zero-order valence-corrected chi connectivity index (χ0v) is 14.2. The molecule has 0 saturated heterocycles. The lowest BCUT2D eigenvalue weighted by Crippen LogP contribution is -2.58. The van der Waals surface area contributed by atoms with E-state index >= 15 is 0 Å². The molecule has 3 nitrogen and oxygen atoms in total. The van der Waals surface area contributed by atoms with E-state index in [0.717, 1.165) is 32.7 Å². The topological polar surface area (TPSA) is 27.7 Å². The van der Waals surface area contributed by atoms with Crippen molar-refractivity contribution < 1.29 is 14.2 Å². The average Bonchev–Trinajstić information content (AvgIpc) is 2.52. The van der Waals surface area contributed by atoms with Gasteiger partial charge >= 0.3 is 0 Å². The molecule has 0 N–H and O–H groups in total. The first-order valence-corrected chi connectivity index (χ1v) is 9.01. The zero-order valence-electron chi connectivity index (χ0n) is 14.2. The normalized spacial score (nSPS) is 35.0. The van der Waals surface area contributed by atoms with Gasteiger partial charge in [-0.15, -0.1) is 0 Å². The Morgan fingerprint density at radius 2 is 1.38 bits per heavy atom. The first kappa shape index (κ1) is 17.2. The van der Waals surface area contributed by atoms with Crippen LogP contribution < -0.4 is 0 Å². The molecule has 0 spiro atoms. The third kappa shape index (κ3) is 3.62. The SMILES string of the molecule is CCOC1CCCC(OCC)C1(COC)C1CCCCC1. The highest BCUT2D eigenvalue weighted by atomic mass is 16.5. The van der Waals surface area contributed by atoms with E-state index in [1.807, 2.05) is 7.11 Å². The minimum absolute atomic E-state index is 0.0689. The number of hydrogen-bond acceptors (Lipinski definition) is 3. The van der Waals surface area contributed by atoms with Crippen molar-refractivity contribution in [1.29, 1.82) is 0 Å². The maximum Gasteiger partial charge on any atom is 0.0680 e. The minimum Gasteiger partial charge on any atom is -0.384 e. The number of ether oxygens (including phenoxy) is 3. The van der Waals surface area contributed by atoms with Crippen LogP contribution in [0, 0.1) is 11.3 Å². The van der Waals surface area contributed by atoms with E-state index in [-0.39, 0.29) is 5.41 Å². The van der Waals surface area contributed by atoms with Crippen LogP contribution in [0.5, 0.6) is 0 Å². The van der Waals surface area contributed by atoms with Gasteiger partial charge in [0, 0.05) is 25.7 Å². The molecule has 0 heterocycles. The zero-order chi connectivity index (χ0) is 15.1. The molecule has 2 unspecified atom stereocenters. The Bertz CT molecular complexity index is 254. The molecular formula is C18H34O3. The number of rotatable bonds is 7. The Kier molecular flexibility index (Phi) is 6.97. The maximum atomic E-state index is 6.22. The number of methoxy groups -OCH3 is 1. The largest absolute Gasteiger partial charge is 0.384 e. The standard InChI is InChI=1S/C18H34O3/c1-4-20-16-12-9-13-17(21-5-2)18(16,14-19-3)15-10-7-6-8-11-15/h15-17H,4-14H2,1-3H3. The summed E-state index contributed by atoms with van der Waals surface area (Å²) < 4.78 is 18.2. The van der Waals surface area contributed by atoms with Crippen molar-refractivity contribution in [2.24, 2.45) is 11.3 Å². The van der Waals surface area contributed by atoms with Crippen LogP contribution in [0.2, 0.25) is 0 Å². The molecule has 0 bridgehead atoms. The third-order valence-electron chi connectivity index (χ3n) is 5.63. The van der Waals surface area contributed by atoms with Crippen LogP contribution in [0.25, 0.3) is 0 Å². The van der Waals surface area contributed by atoms with Gasteiger partial charge in [0.2, 0.25) is 0 Å². The first-order chi connectivity index (χ1) is 10.3. The Morgan fingerprint density at radius 3 is 1.86 bits per heavy atom. The quantitative estimate of drug-likeness (QED) is 0.705. The molecule has 0 aromatic rings. The predicted molar refractivity (Wildman–Crippen MR) is 85.6 cm³/mol. The molecular weight excluding hydrogens is 264 g/mol. The molecule has 0 aromatic heterocycles. The summed E-state index contributed by atoms with van der Waals surface area (Å²) in [6, 6.07) is 0. The van der Waals surface area contributed by atoms with Crippen LogP contribution in [-0.2, 0) is 14.2 Å². The lowest BCUT2D eigenvalue weighted by molar-refractivity contribution is -0.199. The molecule has 0 aliphatic heterocycles. The van der Waals surface area contributed by atoms with Gasteiger partial charge in [-0.3, -0.25) is 0 Å². The van der Waals surface area contributed by atoms with Crippen molar-refractivity contribution >= 4 is 0 Å². The van der Waals surface area contributed by atoms with Crippen LogP contribution >= 0.6 is 0 Å². The second-order valence-corrected chi connectivity index (χ2v) is 6.70. The highest BCUT2D eigenvalue weighted by Crippen LogP contribution is 2.51. The van der Waals surface area contributed by atoms with Crippen molar-refractivity contribution in [3.63, 3.8) is 0 Å². The van der Waals surface area contributed by atoms with Crippen molar-refractivity contribution in [3.05, 3.63) is 0 Å². The van der Waals surface area contributed by atoms with Gasteiger partial charge in [0.1, 0.15) is 0 Å². The molecule has 2 saturated carbocycles. The summed E-state index contributed by atoms with van der Waals surface area (Å²) in [4.78, 5) is 0. The van der Waals surface area contributed by atoms with Gasteiger partial charge in [0.15, 0.2) is 0 Å². The highest BCUT2D eigenvalue weighted by Gasteiger charge is 2.53. The van der Waals surface area contributed by atoms with E-state index in [9.17, 15) is 0 Å². The van der Waals surface area contributed by atoms with Crippen molar-refractivity contribution in [3.8, 4) is 0 Å². The smallest absolute Gasteiger partial charge is 0.0680 e. The summed E-state index contributed by atoms with van der Waals surface area (Å²) in [5.41, 5.74) is 0.0689. The fraction of sp³-hybridized carbons (Fsp3) is 1.00. The molecule has 21 heavy (non-hydrogen) atoms. The summed E-state index contributed by atoms with van der Waals surface area (Å²) in [7, 11) is 1.84. The molecule has 0 amide bonds. The fourth-order valence-corrected chi connectivity index (χ4v) is 4.83. The van der Waals surface area contributed by atoms with E-state index in [1.165, 1.54) is 38.5 Å². The summed E-state index contributed by atoms with van der Waals surface area (Å²) in [5.74, 6) is 0.694. The van der Waals surface area contributed by atoms with Crippen molar-refractivity contribution in [2.75, 3.05) is 26.9 Å². The average molecular weight is 298 g/mol. The van der Waals surface area contributed by atoms with Gasteiger partial charge in [0.25, 0.3) is 0 Å². The molecule has 0 aromatic carbocycles. The van der Waals surface area contributed by atoms with E-state index in [0.29, 0.717) is 18.1 Å². The van der Waals surface area contributed by atoms with E-state index in [1.54, 1.807) is 0 Å². The molecule has 2 atom stereocenters. The van der Waals surface area contributed by atoms with Crippen LogP contribution in [0.1, 0.15) is 65.2 Å². The molecule has 2 rings (SSSR count). The van der Waals surface area contributed by atoms with E-state index < -0.39 is 0 Å². The molecule has 2 aliphatic carbocycles. The van der Waals surface area contributed by atoms with Crippen LogP contribution in [0.4, 0.5) is 0 Å². The summed E-state index contributed by atoms with van der Waals surface area (Å²) in [6.07, 6.45) is 10.9. The van der Waals surface area contributed by atoms with Crippen LogP contribution in [-0.4, -0.2) is 39.1 Å². The maximum absolute atomic E-state index is 6.22. The molecule has 2 aliphatic rings. The van der Waals surface area contributed by atoms with Crippen LogP contribution in [0.15, 0.2) is 0 Å². The van der Waals surface area contributed by atoms with Crippen molar-refractivity contribution in [1.82, 2.24) is 0 Å².